The Hall–Kier alpha value is -2.28. The Morgan fingerprint density at radius 1 is 1.22 bits per heavy atom. The summed E-state index contributed by atoms with van der Waals surface area (Å²) >= 11 is 12.4. The van der Waals surface area contributed by atoms with E-state index in [-0.39, 0.29) is 19.2 Å². The van der Waals surface area contributed by atoms with E-state index in [1.165, 1.54) is 0 Å². The lowest BCUT2D eigenvalue weighted by atomic mass is 9.92. The summed E-state index contributed by atoms with van der Waals surface area (Å²) < 4.78 is 10.8. The summed E-state index contributed by atoms with van der Waals surface area (Å²) in [6.45, 7) is 2.15. The molecule has 27 heavy (non-hydrogen) atoms. The number of rotatable bonds is 3. The molecule has 0 saturated carbocycles. The second-order valence-electron chi connectivity index (χ2n) is 6.59. The highest BCUT2D eigenvalue weighted by molar-refractivity contribution is 6.32. The Balaban J connectivity index is 1.68. The van der Waals surface area contributed by atoms with Crippen molar-refractivity contribution in [3.05, 3.63) is 63.1 Å². The van der Waals surface area contributed by atoms with E-state index >= 15 is 0 Å². The van der Waals surface area contributed by atoms with E-state index < -0.39 is 11.6 Å². The van der Waals surface area contributed by atoms with Crippen molar-refractivity contribution >= 4 is 35.1 Å². The van der Waals surface area contributed by atoms with E-state index in [2.05, 4.69) is 5.32 Å². The van der Waals surface area contributed by atoms with Crippen LogP contribution < -0.4 is 10.1 Å². The predicted molar refractivity (Wildman–Crippen MR) is 99.6 cm³/mol. The highest BCUT2D eigenvalue weighted by atomic mass is 35.5. The number of carbonyl (C=O) groups is 2. The quantitative estimate of drug-likeness (QED) is 0.786. The van der Waals surface area contributed by atoms with Crippen LogP contribution in [-0.2, 0) is 28.2 Å². The number of nitrogens with zero attached hydrogens (tertiary/aromatic N) is 1. The molecule has 0 unspecified atom stereocenters. The van der Waals surface area contributed by atoms with Crippen molar-refractivity contribution in [2.75, 3.05) is 6.79 Å². The maximum absolute atomic E-state index is 13.1. The molecule has 2 aliphatic rings. The summed E-state index contributed by atoms with van der Waals surface area (Å²) in [5.74, 6) is 0.207. The minimum atomic E-state index is -1.24. The number of fused-ring (bicyclic) bond motifs is 1. The first-order chi connectivity index (χ1) is 12.9. The normalized spacial score (nSPS) is 21.7. The number of imide groups is 1. The lowest BCUT2D eigenvalue weighted by molar-refractivity contribution is -0.131. The van der Waals surface area contributed by atoms with E-state index in [0.717, 1.165) is 10.5 Å². The van der Waals surface area contributed by atoms with E-state index in [4.69, 9.17) is 32.7 Å². The Morgan fingerprint density at radius 2 is 2.00 bits per heavy atom. The van der Waals surface area contributed by atoms with Gasteiger partial charge in [0.25, 0.3) is 5.91 Å². The molecular formula is C19H16Cl2N2O4. The zero-order valence-corrected chi connectivity index (χ0v) is 15.9. The molecule has 3 amide bonds. The van der Waals surface area contributed by atoms with Crippen LogP contribution in [0.5, 0.6) is 5.75 Å². The Bertz CT molecular complexity index is 949. The van der Waals surface area contributed by atoms with Gasteiger partial charge in [-0.3, -0.25) is 9.69 Å². The summed E-state index contributed by atoms with van der Waals surface area (Å²) in [6.07, 6.45) is 0. The van der Waals surface area contributed by atoms with Gasteiger partial charge < -0.3 is 14.8 Å². The fourth-order valence-electron chi connectivity index (χ4n) is 3.43. The summed E-state index contributed by atoms with van der Waals surface area (Å²) in [4.78, 5) is 26.9. The summed E-state index contributed by atoms with van der Waals surface area (Å²) in [6, 6.07) is 9.90. The van der Waals surface area contributed by atoms with Crippen LogP contribution >= 0.6 is 23.2 Å². The average Bonchev–Trinajstić information content (AvgIpc) is 2.86. The molecule has 0 spiro atoms. The van der Waals surface area contributed by atoms with Crippen LogP contribution in [0.25, 0.3) is 0 Å². The number of ether oxygens (including phenoxy) is 2. The zero-order chi connectivity index (χ0) is 19.2. The van der Waals surface area contributed by atoms with Crippen molar-refractivity contribution in [2.24, 2.45) is 0 Å². The number of hydrogen-bond donors (Lipinski definition) is 1. The van der Waals surface area contributed by atoms with Crippen molar-refractivity contribution < 1.29 is 19.1 Å². The highest BCUT2D eigenvalue weighted by Gasteiger charge is 2.50. The fourth-order valence-corrected chi connectivity index (χ4v) is 4.02. The minimum Gasteiger partial charge on any atom is -0.467 e. The van der Waals surface area contributed by atoms with Gasteiger partial charge in [-0.1, -0.05) is 41.4 Å². The molecule has 0 aliphatic carbocycles. The molecule has 8 heteroatoms. The van der Waals surface area contributed by atoms with Crippen LogP contribution in [0.2, 0.25) is 10.0 Å². The molecular weight excluding hydrogens is 391 g/mol. The second-order valence-corrected chi connectivity index (χ2v) is 7.43. The van der Waals surface area contributed by atoms with Crippen molar-refractivity contribution in [1.29, 1.82) is 0 Å². The number of urea groups is 1. The first-order valence-corrected chi connectivity index (χ1v) is 9.06. The van der Waals surface area contributed by atoms with E-state index in [9.17, 15) is 9.59 Å². The van der Waals surface area contributed by atoms with Gasteiger partial charge in [0.05, 0.1) is 13.2 Å². The third-order valence-electron chi connectivity index (χ3n) is 4.77. The molecule has 1 saturated heterocycles. The third kappa shape index (κ3) is 3.04. The Morgan fingerprint density at radius 3 is 2.78 bits per heavy atom. The van der Waals surface area contributed by atoms with E-state index in [1.54, 1.807) is 43.3 Å². The van der Waals surface area contributed by atoms with Crippen molar-refractivity contribution in [2.45, 2.75) is 25.6 Å². The van der Waals surface area contributed by atoms with Crippen LogP contribution in [0.15, 0.2) is 36.4 Å². The highest BCUT2D eigenvalue weighted by Crippen LogP contribution is 2.37. The molecule has 0 radical (unpaired) electrons. The average molecular weight is 407 g/mol. The first kappa shape index (κ1) is 18.1. The van der Waals surface area contributed by atoms with Crippen LogP contribution in [0, 0.1) is 0 Å². The molecule has 2 aromatic carbocycles. The number of amides is 3. The number of hydrogen-bond acceptors (Lipinski definition) is 4. The largest absolute Gasteiger partial charge is 0.467 e. The molecule has 2 aromatic rings. The Kier molecular flexibility index (Phi) is 4.50. The zero-order valence-electron chi connectivity index (χ0n) is 14.4. The van der Waals surface area contributed by atoms with Crippen LogP contribution in [0.1, 0.15) is 23.6 Å². The van der Waals surface area contributed by atoms with Crippen LogP contribution in [0.3, 0.4) is 0 Å². The number of carbonyl (C=O) groups excluding carboxylic acids is 2. The minimum absolute atomic E-state index is 0.0353. The predicted octanol–water partition coefficient (Wildman–Crippen LogP) is 3.83. The van der Waals surface area contributed by atoms with Crippen LogP contribution in [0.4, 0.5) is 4.79 Å². The molecule has 2 aliphatic heterocycles. The molecule has 0 bridgehead atoms. The van der Waals surface area contributed by atoms with E-state index in [0.29, 0.717) is 33.5 Å². The van der Waals surface area contributed by atoms with Gasteiger partial charge in [-0.25, -0.2) is 4.79 Å². The van der Waals surface area contributed by atoms with Gasteiger partial charge in [0.2, 0.25) is 0 Å². The van der Waals surface area contributed by atoms with Gasteiger partial charge in [-0.05, 0) is 25.1 Å². The number of halogens is 2. The van der Waals surface area contributed by atoms with Crippen molar-refractivity contribution in [3.8, 4) is 5.75 Å². The second kappa shape index (κ2) is 6.71. The van der Waals surface area contributed by atoms with E-state index in [1.807, 2.05) is 0 Å². The van der Waals surface area contributed by atoms with Crippen molar-refractivity contribution in [3.63, 3.8) is 0 Å². The SMILES string of the molecule is C[C@]1(c2ccccc2Cl)NC(=O)N(Cc2cc(Cl)cc3c2OCOC3)C1=O. The summed E-state index contributed by atoms with van der Waals surface area (Å²) in [5, 5.41) is 3.65. The first-order valence-electron chi connectivity index (χ1n) is 8.31. The van der Waals surface area contributed by atoms with Crippen molar-refractivity contribution in [1.82, 2.24) is 10.2 Å². The van der Waals surface area contributed by atoms with Gasteiger partial charge in [-0.15, -0.1) is 0 Å². The lowest BCUT2D eigenvalue weighted by Crippen LogP contribution is -2.41. The molecule has 0 aromatic heterocycles. The number of nitrogens with one attached hydrogen (secondary N) is 1. The molecule has 1 N–H and O–H groups in total. The standard InChI is InChI=1S/C19H16Cl2N2O4/c1-19(14-4-2-3-5-15(14)21)17(24)23(18(25)22-19)8-11-6-13(20)7-12-9-26-10-27-16(11)12/h2-7H,8-10H2,1H3,(H,22,25)/t19-/m1/s1. The molecule has 140 valence electrons. The van der Waals surface area contributed by atoms with Gasteiger partial charge in [-0.2, -0.15) is 0 Å². The fraction of sp³-hybridized carbons (Fsp3) is 0.263. The third-order valence-corrected chi connectivity index (χ3v) is 5.32. The maximum Gasteiger partial charge on any atom is 0.325 e. The monoisotopic (exact) mass is 406 g/mol. The number of benzene rings is 2. The molecule has 1 atom stereocenters. The molecule has 1 fully saturated rings. The summed E-state index contributed by atoms with van der Waals surface area (Å²) in [5.41, 5.74) is 0.737. The van der Waals surface area contributed by atoms with Gasteiger partial charge in [0, 0.05) is 26.7 Å². The molecule has 6 nitrogen and oxygen atoms in total. The van der Waals surface area contributed by atoms with Gasteiger partial charge >= 0.3 is 6.03 Å². The molecule has 2 heterocycles. The summed E-state index contributed by atoms with van der Waals surface area (Å²) in [7, 11) is 0. The maximum atomic E-state index is 13.1. The smallest absolute Gasteiger partial charge is 0.325 e. The van der Waals surface area contributed by atoms with Gasteiger partial charge in [0.1, 0.15) is 11.3 Å². The molecule has 4 rings (SSSR count). The van der Waals surface area contributed by atoms with Gasteiger partial charge in [0.15, 0.2) is 6.79 Å². The topological polar surface area (TPSA) is 67.9 Å². The Labute approximate surface area is 165 Å². The van der Waals surface area contributed by atoms with Crippen LogP contribution in [-0.4, -0.2) is 23.6 Å². The lowest BCUT2D eigenvalue weighted by Gasteiger charge is -2.25.